The van der Waals surface area contributed by atoms with Gasteiger partial charge in [0.1, 0.15) is 17.9 Å². The van der Waals surface area contributed by atoms with E-state index in [9.17, 15) is 0 Å². The summed E-state index contributed by atoms with van der Waals surface area (Å²) in [5.74, 6) is 0.886. The third kappa shape index (κ3) is 3.08. The van der Waals surface area contributed by atoms with Gasteiger partial charge in [0, 0.05) is 44.3 Å². The Kier molecular flexibility index (Phi) is 4.14. The van der Waals surface area contributed by atoms with Crippen LogP contribution in [-0.2, 0) is 0 Å². The largest absolute Gasteiger partial charge is 0.490 e. The van der Waals surface area contributed by atoms with Crippen molar-refractivity contribution in [2.75, 3.05) is 46.4 Å². The summed E-state index contributed by atoms with van der Waals surface area (Å²) in [5.41, 5.74) is 0.952. The van der Waals surface area contributed by atoms with Crippen molar-refractivity contribution in [3.8, 4) is 5.75 Å². The molecule has 2 aromatic rings. The van der Waals surface area contributed by atoms with Crippen LogP contribution in [0.4, 0.5) is 0 Å². The highest BCUT2D eigenvalue weighted by Crippen LogP contribution is 2.22. The molecule has 1 aliphatic heterocycles. The van der Waals surface area contributed by atoms with E-state index in [4.69, 9.17) is 4.74 Å². The molecule has 0 radical (unpaired) electrons. The fourth-order valence-corrected chi connectivity index (χ4v) is 2.55. The number of para-hydroxylation sites is 1. The number of piperazine rings is 1. The number of aromatic nitrogens is 1. The minimum Gasteiger partial charge on any atom is -0.490 e. The van der Waals surface area contributed by atoms with Gasteiger partial charge in [0.15, 0.2) is 0 Å². The molecule has 3 rings (SSSR count). The number of ether oxygens (including phenoxy) is 1. The smallest absolute Gasteiger partial charge is 0.145 e. The highest BCUT2D eigenvalue weighted by Gasteiger charge is 2.13. The fraction of sp³-hybridized carbons (Fsp3) is 0.438. The van der Waals surface area contributed by atoms with Crippen LogP contribution in [0.15, 0.2) is 36.5 Å². The second-order valence-corrected chi connectivity index (χ2v) is 5.32. The van der Waals surface area contributed by atoms with E-state index in [1.54, 1.807) is 0 Å². The Bertz CT molecular complexity index is 559. The van der Waals surface area contributed by atoms with Crippen molar-refractivity contribution < 1.29 is 4.74 Å². The van der Waals surface area contributed by atoms with Gasteiger partial charge in [0.2, 0.25) is 0 Å². The summed E-state index contributed by atoms with van der Waals surface area (Å²) in [5, 5.41) is 1.13. The lowest BCUT2D eigenvalue weighted by molar-refractivity contribution is 0.134. The first-order valence-electron chi connectivity index (χ1n) is 7.20. The predicted molar refractivity (Wildman–Crippen MR) is 81.2 cm³/mol. The zero-order valence-corrected chi connectivity index (χ0v) is 12.0. The number of rotatable bonds is 4. The van der Waals surface area contributed by atoms with Gasteiger partial charge in [-0.2, -0.15) is 0 Å². The molecular weight excluding hydrogens is 250 g/mol. The van der Waals surface area contributed by atoms with Crippen molar-refractivity contribution in [2.45, 2.75) is 0 Å². The van der Waals surface area contributed by atoms with Crippen molar-refractivity contribution in [1.29, 1.82) is 0 Å². The molecule has 106 valence electrons. The molecule has 0 spiro atoms. The second kappa shape index (κ2) is 6.20. The van der Waals surface area contributed by atoms with Crippen LogP contribution in [0.5, 0.6) is 5.75 Å². The normalized spacial score (nSPS) is 17.4. The van der Waals surface area contributed by atoms with E-state index in [0.29, 0.717) is 0 Å². The van der Waals surface area contributed by atoms with Gasteiger partial charge in [-0.1, -0.05) is 18.2 Å². The van der Waals surface area contributed by atoms with Crippen LogP contribution in [0.1, 0.15) is 0 Å². The molecule has 2 heterocycles. The molecule has 0 amide bonds. The zero-order valence-electron chi connectivity index (χ0n) is 12.0. The highest BCUT2D eigenvalue weighted by atomic mass is 16.5. The minimum atomic E-state index is 0.722. The van der Waals surface area contributed by atoms with Gasteiger partial charge < -0.3 is 9.64 Å². The van der Waals surface area contributed by atoms with E-state index in [2.05, 4.69) is 34.0 Å². The van der Waals surface area contributed by atoms with Gasteiger partial charge in [-0.3, -0.25) is 9.88 Å². The number of hydrogen-bond acceptors (Lipinski definition) is 4. The number of pyridine rings is 1. The molecule has 0 bridgehead atoms. The van der Waals surface area contributed by atoms with Gasteiger partial charge in [-0.15, -0.1) is 0 Å². The van der Waals surface area contributed by atoms with Crippen LogP contribution < -0.4 is 4.74 Å². The van der Waals surface area contributed by atoms with E-state index < -0.39 is 0 Å². The summed E-state index contributed by atoms with van der Waals surface area (Å²) in [6.07, 6.45) is 1.82. The van der Waals surface area contributed by atoms with Crippen molar-refractivity contribution in [3.05, 3.63) is 36.5 Å². The van der Waals surface area contributed by atoms with E-state index in [1.807, 2.05) is 24.4 Å². The number of fused-ring (bicyclic) bond motifs is 1. The minimum absolute atomic E-state index is 0.722. The summed E-state index contributed by atoms with van der Waals surface area (Å²) in [7, 11) is 2.18. The average Bonchev–Trinajstić information content (AvgIpc) is 2.49. The first kappa shape index (κ1) is 13.3. The fourth-order valence-electron chi connectivity index (χ4n) is 2.55. The van der Waals surface area contributed by atoms with E-state index in [0.717, 1.165) is 56.0 Å². The van der Waals surface area contributed by atoms with E-state index in [-0.39, 0.29) is 0 Å². The third-order valence-electron chi connectivity index (χ3n) is 3.86. The number of nitrogens with zero attached hydrogens (tertiary/aromatic N) is 3. The van der Waals surface area contributed by atoms with Crippen LogP contribution in [-0.4, -0.2) is 61.2 Å². The second-order valence-electron chi connectivity index (χ2n) is 5.32. The maximum atomic E-state index is 5.93. The van der Waals surface area contributed by atoms with Crippen LogP contribution >= 0.6 is 0 Å². The molecule has 0 N–H and O–H groups in total. The van der Waals surface area contributed by atoms with Gasteiger partial charge in [0.25, 0.3) is 0 Å². The van der Waals surface area contributed by atoms with E-state index in [1.165, 1.54) is 0 Å². The molecule has 20 heavy (non-hydrogen) atoms. The number of hydrogen-bond donors (Lipinski definition) is 0. The Morgan fingerprint density at radius 1 is 1.10 bits per heavy atom. The molecular formula is C16H21N3O. The molecule has 0 unspecified atom stereocenters. The topological polar surface area (TPSA) is 28.6 Å². The number of likely N-dealkylation sites (N-methyl/N-ethyl adjacent to an activating group) is 1. The lowest BCUT2D eigenvalue weighted by atomic mass is 10.2. The molecule has 4 heteroatoms. The Morgan fingerprint density at radius 2 is 1.90 bits per heavy atom. The van der Waals surface area contributed by atoms with Crippen molar-refractivity contribution >= 4 is 10.9 Å². The Labute approximate surface area is 120 Å². The van der Waals surface area contributed by atoms with E-state index >= 15 is 0 Å². The standard InChI is InChI=1S/C16H21N3O/c1-18-8-10-19(11-9-18)12-13-20-15-6-2-4-14-5-3-7-17-16(14)15/h2-7H,8-13H2,1H3. The maximum absolute atomic E-state index is 5.93. The summed E-state index contributed by atoms with van der Waals surface area (Å²) in [6.45, 7) is 6.27. The Hall–Kier alpha value is -1.65. The summed E-state index contributed by atoms with van der Waals surface area (Å²) >= 11 is 0. The zero-order chi connectivity index (χ0) is 13.8. The van der Waals surface area contributed by atoms with Crippen molar-refractivity contribution in [2.24, 2.45) is 0 Å². The summed E-state index contributed by atoms with van der Waals surface area (Å²) in [6, 6.07) is 10.1. The van der Waals surface area contributed by atoms with Gasteiger partial charge in [0.05, 0.1) is 0 Å². The van der Waals surface area contributed by atoms with Crippen molar-refractivity contribution in [3.63, 3.8) is 0 Å². The molecule has 1 aromatic carbocycles. The van der Waals surface area contributed by atoms with Crippen LogP contribution in [0.3, 0.4) is 0 Å². The molecule has 0 saturated carbocycles. The summed E-state index contributed by atoms with van der Waals surface area (Å²) in [4.78, 5) is 9.24. The third-order valence-corrected chi connectivity index (χ3v) is 3.86. The van der Waals surface area contributed by atoms with Crippen LogP contribution in [0.2, 0.25) is 0 Å². The summed E-state index contributed by atoms with van der Waals surface area (Å²) < 4.78 is 5.93. The van der Waals surface area contributed by atoms with Crippen LogP contribution in [0, 0.1) is 0 Å². The Balaban J connectivity index is 1.57. The van der Waals surface area contributed by atoms with Gasteiger partial charge >= 0.3 is 0 Å². The van der Waals surface area contributed by atoms with Gasteiger partial charge in [-0.05, 0) is 19.2 Å². The predicted octanol–water partition coefficient (Wildman–Crippen LogP) is 1.86. The lowest BCUT2D eigenvalue weighted by Crippen LogP contribution is -2.45. The molecule has 0 atom stereocenters. The molecule has 1 saturated heterocycles. The Morgan fingerprint density at radius 3 is 2.75 bits per heavy atom. The first-order valence-corrected chi connectivity index (χ1v) is 7.20. The SMILES string of the molecule is CN1CCN(CCOc2cccc3cccnc23)CC1. The molecule has 4 nitrogen and oxygen atoms in total. The maximum Gasteiger partial charge on any atom is 0.145 e. The highest BCUT2D eigenvalue weighted by molar-refractivity contribution is 5.84. The van der Waals surface area contributed by atoms with Crippen LogP contribution in [0.25, 0.3) is 10.9 Å². The monoisotopic (exact) mass is 271 g/mol. The lowest BCUT2D eigenvalue weighted by Gasteiger charge is -2.32. The molecule has 1 aromatic heterocycles. The number of benzene rings is 1. The molecule has 1 fully saturated rings. The quantitative estimate of drug-likeness (QED) is 0.848. The average molecular weight is 271 g/mol. The molecule has 0 aliphatic carbocycles. The van der Waals surface area contributed by atoms with Gasteiger partial charge in [-0.25, -0.2) is 0 Å². The van der Waals surface area contributed by atoms with Crippen molar-refractivity contribution in [1.82, 2.24) is 14.8 Å². The first-order chi connectivity index (χ1) is 9.83. The molecule has 1 aliphatic rings.